The number of nitrogens with one attached hydrogen (secondary N) is 2. The van der Waals surface area contributed by atoms with Crippen LogP contribution in [0, 0.1) is 0 Å². The second kappa shape index (κ2) is 6.18. The number of aromatic nitrogens is 1. The van der Waals surface area contributed by atoms with E-state index < -0.39 is 14.6 Å². The zero-order valence-electron chi connectivity index (χ0n) is 12.9. The number of amides is 1. The predicted molar refractivity (Wildman–Crippen MR) is 86.5 cm³/mol. The van der Waals surface area contributed by atoms with Crippen molar-refractivity contribution in [2.45, 2.75) is 38.5 Å². The Labute approximate surface area is 129 Å². The first kappa shape index (κ1) is 17.7. The summed E-state index contributed by atoms with van der Waals surface area (Å²) in [6, 6.07) is -0.0305. The molecule has 1 aromatic heterocycles. The van der Waals surface area contributed by atoms with Gasteiger partial charge in [0, 0.05) is 18.8 Å². The van der Waals surface area contributed by atoms with E-state index in [-0.39, 0.29) is 29.9 Å². The zero-order chi connectivity index (χ0) is 16.4. The number of hydrogen-bond donors (Lipinski definition) is 3. The summed E-state index contributed by atoms with van der Waals surface area (Å²) in [4.78, 5) is 12.1. The lowest BCUT2D eigenvalue weighted by atomic mass is 10.2. The molecule has 1 heterocycles. The topological polar surface area (TPSA) is 114 Å². The van der Waals surface area contributed by atoms with Crippen LogP contribution < -0.4 is 16.4 Å². The average molecular weight is 334 g/mol. The highest BCUT2D eigenvalue weighted by molar-refractivity contribution is 7.92. The van der Waals surface area contributed by atoms with Crippen LogP contribution in [-0.2, 0) is 9.84 Å². The first-order chi connectivity index (χ1) is 9.45. The Morgan fingerprint density at radius 3 is 2.48 bits per heavy atom. The van der Waals surface area contributed by atoms with Crippen molar-refractivity contribution in [2.24, 2.45) is 0 Å². The Morgan fingerprint density at radius 2 is 2.00 bits per heavy atom. The molecule has 0 saturated heterocycles. The van der Waals surface area contributed by atoms with Gasteiger partial charge in [-0.3, -0.25) is 4.79 Å². The second-order valence-corrected chi connectivity index (χ2v) is 9.21. The summed E-state index contributed by atoms with van der Waals surface area (Å²) in [7, 11) is -3.23. The van der Waals surface area contributed by atoms with Gasteiger partial charge in [-0.1, -0.05) is 0 Å². The third-order valence-corrected chi connectivity index (χ3v) is 6.01. The van der Waals surface area contributed by atoms with E-state index in [1.807, 2.05) is 13.8 Å². The number of nitrogens with two attached hydrogens (primary N) is 1. The van der Waals surface area contributed by atoms with Crippen LogP contribution in [0.15, 0.2) is 0 Å². The fourth-order valence-electron chi connectivity index (χ4n) is 1.40. The molecule has 0 saturated carbocycles. The Hall–Kier alpha value is -1.35. The quantitative estimate of drug-likeness (QED) is 0.718. The minimum absolute atomic E-state index is 0.0305. The molecule has 1 aromatic rings. The summed E-state index contributed by atoms with van der Waals surface area (Å²) in [5.41, 5.74) is 5.99. The smallest absolute Gasteiger partial charge is 0.258 e. The average Bonchev–Trinajstić information content (AvgIpc) is 2.65. The first-order valence-corrected chi connectivity index (χ1v) is 9.11. The molecule has 0 aliphatic heterocycles. The monoisotopic (exact) mass is 334 g/mol. The number of nitrogen functional groups attached to an aromatic ring is 1. The molecule has 4 N–H and O–H groups in total. The lowest BCUT2D eigenvalue weighted by Gasteiger charge is -2.23. The lowest BCUT2D eigenvalue weighted by Crippen LogP contribution is -2.38. The van der Waals surface area contributed by atoms with Crippen LogP contribution in [0.1, 0.15) is 38.1 Å². The molecule has 9 heteroatoms. The number of rotatable bonds is 6. The van der Waals surface area contributed by atoms with E-state index in [4.69, 9.17) is 5.73 Å². The maximum absolute atomic E-state index is 12.1. The van der Waals surface area contributed by atoms with Gasteiger partial charge in [-0.05, 0) is 39.2 Å². The van der Waals surface area contributed by atoms with Gasteiger partial charge in [0.05, 0.1) is 4.75 Å². The van der Waals surface area contributed by atoms with Crippen molar-refractivity contribution in [1.82, 2.24) is 9.69 Å². The Kier molecular flexibility index (Phi) is 5.21. The van der Waals surface area contributed by atoms with E-state index >= 15 is 0 Å². The second-order valence-electron chi connectivity index (χ2n) is 5.79. The summed E-state index contributed by atoms with van der Waals surface area (Å²) < 4.78 is 26.4. The molecule has 0 unspecified atom stereocenters. The number of anilines is 2. The van der Waals surface area contributed by atoms with Gasteiger partial charge in [0.2, 0.25) is 0 Å². The molecule has 0 aromatic carbocycles. The van der Waals surface area contributed by atoms with Crippen LogP contribution in [0.3, 0.4) is 0 Å². The van der Waals surface area contributed by atoms with Crippen LogP contribution in [-0.4, -0.2) is 42.3 Å². The minimum atomic E-state index is -3.23. The molecule has 0 spiro atoms. The molecule has 7 nitrogen and oxygen atoms in total. The van der Waals surface area contributed by atoms with Crippen molar-refractivity contribution < 1.29 is 13.2 Å². The molecule has 0 fully saturated rings. The number of carbonyl (C=O) groups is 1. The van der Waals surface area contributed by atoms with Gasteiger partial charge < -0.3 is 16.4 Å². The Balaban J connectivity index is 2.94. The molecule has 1 amide bonds. The van der Waals surface area contributed by atoms with Gasteiger partial charge in [-0.25, -0.2) is 8.42 Å². The van der Waals surface area contributed by atoms with Crippen molar-refractivity contribution >= 4 is 38.1 Å². The van der Waals surface area contributed by atoms with Gasteiger partial charge in [0.1, 0.15) is 10.6 Å². The molecule has 0 aliphatic rings. The fraction of sp³-hybridized carbons (Fsp3) is 0.667. The first-order valence-electron chi connectivity index (χ1n) is 6.45. The Bertz CT molecular complexity index is 620. The van der Waals surface area contributed by atoms with Gasteiger partial charge in [0.25, 0.3) is 5.91 Å². The summed E-state index contributed by atoms with van der Waals surface area (Å²) in [6.45, 7) is 7.08. The van der Waals surface area contributed by atoms with E-state index in [1.54, 1.807) is 13.8 Å². The van der Waals surface area contributed by atoms with E-state index in [9.17, 15) is 13.2 Å². The highest BCUT2D eigenvalue weighted by Gasteiger charge is 2.31. The fourth-order valence-corrected chi connectivity index (χ4v) is 2.44. The highest BCUT2D eigenvalue weighted by atomic mass is 32.2. The van der Waals surface area contributed by atoms with Gasteiger partial charge in [-0.2, -0.15) is 4.37 Å². The number of hydrogen-bond acceptors (Lipinski definition) is 7. The van der Waals surface area contributed by atoms with Crippen molar-refractivity contribution in [3.05, 3.63) is 5.56 Å². The summed E-state index contributed by atoms with van der Waals surface area (Å²) in [5, 5.41) is 6.19. The molecule has 1 rings (SSSR count). The minimum Gasteiger partial charge on any atom is -0.382 e. The standard InChI is InChI=1S/C12H22N4O3S2/c1-7(2)15-10(17)8-9(13)16-20-11(8)14-6-12(3,4)21(5,18)19/h7,14H,6H2,1-5H3,(H2,13,16)(H,15,17). The largest absolute Gasteiger partial charge is 0.382 e. The molecule has 120 valence electrons. The van der Waals surface area contributed by atoms with E-state index in [1.165, 1.54) is 6.26 Å². The third kappa shape index (κ3) is 4.31. The summed E-state index contributed by atoms with van der Waals surface area (Å²) in [6.07, 6.45) is 1.18. The Morgan fingerprint density at radius 1 is 1.43 bits per heavy atom. The highest BCUT2D eigenvalue weighted by Crippen LogP contribution is 2.28. The van der Waals surface area contributed by atoms with E-state index in [2.05, 4.69) is 15.0 Å². The van der Waals surface area contributed by atoms with Crippen LogP contribution in [0.5, 0.6) is 0 Å². The van der Waals surface area contributed by atoms with Crippen molar-refractivity contribution in [3.63, 3.8) is 0 Å². The third-order valence-electron chi connectivity index (χ3n) is 3.04. The maximum Gasteiger partial charge on any atom is 0.258 e. The van der Waals surface area contributed by atoms with Gasteiger partial charge >= 0.3 is 0 Å². The predicted octanol–water partition coefficient (Wildman–Crippen LogP) is 1.10. The van der Waals surface area contributed by atoms with Crippen molar-refractivity contribution in [1.29, 1.82) is 0 Å². The SMILES string of the molecule is CC(C)NC(=O)c1c(N)nsc1NCC(C)(C)S(C)(=O)=O. The van der Waals surface area contributed by atoms with E-state index in [0.717, 1.165) is 11.5 Å². The van der Waals surface area contributed by atoms with Crippen LogP contribution in [0.2, 0.25) is 0 Å². The van der Waals surface area contributed by atoms with Gasteiger partial charge in [-0.15, -0.1) is 0 Å². The molecule has 21 heavy (non-hydrogen) atoms. The molecular weight excluding hydrogens is 312 g/mol. The van der Waals surface area contributed by atoms with Gasteiger partial charge in [0.15, 0.2) is 15.7 Å². The van der Waals surface area contributed by atoms with Crippen LogP contribution in [0.4, 0.5) is 10.8 Å². The number of nitrogens with zero attached hydrogens (tertiary/aromatic N) is 1. The normalized spacial score (nSPS) is 12.5. The van der Waals surface area contributed by atoms with Crippen LogP contribution in [0.25, 0.3) is 0 Å². The summed E-state index contributed by atoms with van der Waals surface area (Å²) >= 11 is 1.04. The van der Waals surface area contributed by atoms with Crippen LogP contribution >= 0.6 is 11.5 Å². The van der Waals surface area contributed by atoms with Crippen molar-refractivity contribution in [2.75, 3.05) is 23.9 Å². The summed E-state index contributed by atoms with van der Waals surface area (Å²) in [5.74, 6) is -0.186. The number of sulfone groups is 1. The van der Waals surface area contributed by atoms with E-state index in [0.29, 0.717) is 5.00 Å². The molecular formula is C12H22N4O3S2. The molecule has 0 radical (unpaired) electrons. The molecule has 0 bridgehead atoms. The molecule has 0 aliphatic carbocycles. The lowest BCUT2D eigenvalue weighted by molar-refractivity contribution is 0.0945. The maximum atomic E-state index is 12.1. The number of carbonyl (C=O) groups excluding carboxylic acids is 1. The molecule has 0 atom stereocenters. The zero-order valence-corrected chi connectivity index (χ0v) is 14.5. The van der Waals surface area contributed by atoms with Crippen molar-refractivity contribution in [3.8, 4) is 0 Å².